The van der Waals surface area contributed by atoms with Crippen molar-refractivity contribution in [1.29, 1.82) is 0 Å². The van der Waals surface area contributed by atoms with Gasteiger partial charge in [-0.05, 0) is 5.92 Å². The molecule has 0 spiro atoms. The fourth-order valence-corrected chi connectivity index (χ4v) is 0.579. The summed E-state index contributed by atoms with van der Waals surface area (Å²) in [5.41, 5.74) is 0. The van der Waals surface area contributed by atoms with E-state index in [0.29, 0.717) is 5.92 Å². The lowest BCUT2D eigenvalue weighted by atomic mass is 10.2. The van der Waals surface area contributed by atoms with E-state index in [4.69, 9.17) is 11.6 Å². The van der Waals surface area contributed by atoms with Crippen molar-refractivity contribution in [1.82, 2.24) is 0 Å². The van der Waals surface area contributed by atoms with Crippen molar-refractivity contribution in [3.05, 3.63) is 11.1 Å². The summed E-state index contributed by atoms with van der Waals surface area (Å²) in [6, 6.07) is 0. The van der Waals surface area contributed by atoms with Crippen LogP contribution in [0.4, 0.5) is 0 Å². The maximum Gasteiger partial charge on any atom is 0.245 e. The summed E-state index contributed by atoms with van der Waals surface area (Å²) in [4.78, 5) is 9.72. The molecule has 0 amide bonds. The minimum Gasteiger partial charge on any atom is -0.284 e. The van der Waals surface area contributed by atoms with Crippen LogP contribution in [0.5, 0.6) is 0 Å². The number of hydrogen-bond donors (Lipinski definition) is 0. The molecule has 2 heteroatoms. The molecule has 0 saturated heterocycles. The number of hydrogen-bond acceptors (Lipinski definition) is 1. The molecule has 0 aliphatic carbocycles. The molecule has 0 fully saturated rings. The Hall–Kier alpha value is -0.300. The molecule has 0 aliphatic rings. The largest absolute Gasteiger partial charge is 0.284 e. The second-order valence-corrected chi connectivity index (χ2v) is 2.27. The second-order valence-electron chi connectivity index (χ2n) is 1.86. The van der Waals surface area contributed by atoms with Crippen molar-refractivity contribution in [2.24, 2.45) is 5.92 Å². The van der Waals surface area contributed by atoms with Crippen molar-refractivity contribution in [2.75, 3.05) is 0 Å². The van der Waals surface area contributed by atoms with Crippen molar-refractivity contribution in [3.8, 4) is 0 Å². The van der Waals surface area contributed by atoms with Crippen molar-refractivity contribution in [2.45, 2.75) is 13.8 Å². The lowest BCUT2D eigenvalue weighted by Crippen LogP contribution is -1.80. The Morgan fingerprint density at radius 3 is 2.38 bits per heavy atom. The SMILES string of the molecule is CC(C)/C=C(\Cl)[C]=O. The fraction of sp³-hybridized carbons (Fsp3) is 0.500. The van der Waals surface area contributed by atoms with Crippen LogP contribution < -0.4 is 0 Å². The highest BCUT2D eigenvalue weighted by atomic mass is 35.5. The van der Waals surface area contributed by atoms with E-state index < -0.39 is 0 Å². The summed E-state index contributed by atoms with van der Waals surface area (Å²) in [7, 11) is 0. The first kappa shape index (κ1) is 7.70. The van der Waals surface area contributed by atoms with E-state index >= 15 is 0 Å². The van der Waals surface area contributed by atoms with Crippen molar-refractivity contribution in [3.63, 3.8) is 0 Å². The maximum atomic E-state index is 9.72. The predicted molar refractivity (Wildman–Crippen MR) is 34.5 cm³/mol. The number of allylic oxidation sites excluding steroid dienone is 2. The van der Waals surface area contributed by atoms with Gasteiger partial charge in [0.1, 0.15) is 0 Å². The summed E-state index contributed by atoms with van der Waals surface area (Å²) in [5.74, 6) is 0.323. The van der Waals surface area contributed by atoms with Crippen LogP contribution >= 0.6 is 11.6 Å². The average molecular weight is 132 g/mol. The van der Waals surface area contributed by atoms with Gasteiger partial charge in [0.25, 0.3) is 0 Å². The molecule has 0 aromatic heterocycles. The van der Waals surface area contributed by atoms with Crippen LogP contribution in [0.3, 0.4) is 0 Å². The molecule has 0 aliphatic heterocycles. The lowest BCUT2D eigenvalue weighted by Gasteiger charge is -1.90. The fourth-order valence-electron chi connectivity index (χ4n) is 0.327. The van der Waals surface area contributed by atoms with Crippen LogP contribution in [-0.2, 0) is 4.79 Å². The third-order valence-corrected chi connectivity index (χ3v) is 0.780. The van der Waals surface area contributed by atoms with E-state index in [-0.39, 0.29) is 5.03 Å². The molecule has 0 heterocycles. The Kier molecular flexibility index (Phi) is 3.53. The number of halogens is 1. The first-order valence-corrected chi connectivity index (χ1v) is 2.80. The van der Waals surface area contributed by atoms with Gasteiger partial charge >= 0.3 is 0 Å². The van der Waals surface area contributed by atoms with Gasteiger partial charge in [-0.1, -0.05) is 31.5 Å². The first-order chi connectivity index (χ1) is 3.66. The van der Waals surface area contributed by atoms with Gasteiger partial charge in [-0.15, -0.1) is 0 Å². The highest BCUT2D eigenvalue weighted by molar-refractivity contribution is 6.38. The minimum absolute atomic E-state index is 0.167. The molecule has 45 valence electrons. The Labute approximate surface area is 54.3 Å². The van der Waals surface area contributed by atoms with Gasteiger partial charge in [-0.2, -0.15) is 0 Å². The molecule has 0 rings (SSSR count). The van der Waals surface area contributed by atoms with Crippen LogP contribution in [-0.4, -0.2) is 6.29 Å². The smallest absolute Gasteiger partial charge is 0.245 e. The average Bonchev–Trinajstić information content (AvgIpc) is 1.65. The number of carbonyl (C=O) groups excluding carboxylic acids is 1. The first-order valence-electron chi connectivity index (χ1n) is 2.42. The topological polar surface area (TPSA) is 17.1 Å². The maximum absolute atomic E-state index is 9.72. The van der Waals surface area contributed by atoms with Crippen LogP contribution in [0.1, 0.15) is 13.8 Å². The number of rotatable bonds is 2. The quantitative estimate of drug-likeness (QED) is 0.523. The Balaban J connectivity index is 3.74. The zero-order chi connectivity index (χ0) is 6.57. The third-order valence-electron chi connectivity index (χ3n) is 0.577. The summed E-state index contributed by atoms with van der Waals surface area (Å²) < 4.78 is 0. The summed E-state index contributed by atoms with van der Waals surface area (Å²) in [6.07, 6.45) is 3.22. The molecule has 0 atom stereocenters. The zero-order valence-corrected chi connectivity index (χ0v) is 5.70. The molecular formula is C6H8ClO. The zero-order valence-electron chi connectivity index (χ0n) is 4.94. The summed E-state index contributed by atoms with van der Waals surface area (Å²) >= 11 is 5.30. The van der Waals surface area contributed by atoms with E-state index in [1.165, 1.54) is 0 Å². The third kappa shape index (κ3) is 3.88. The predicted octanol–water partition coefficient (Wildman–Crippen LogP) is 1.87. The van der Waals surface area contributed by atoms with Gasteiger partial charge in [0, 0.05) is 0 Å². The van der Waals surface area contributed by atoms with Crippen molar-refractivity contribution < 1.29 is 4.79 Å². The molecule has 1 nitrogen and oxygen atoms in total. The molecule has 0 N–H and O–H groups in total. The summed E-state index contributed by atoms with van der Waals surface area (Å²) in [6.45, 7) is 3.89. The molecule has 0 unspecified atom stereocenters. The van der Waals surface area contributed by atoms with E-state index in [9.17, 15) is 4.79 Å². The van der Waals surface area contributed by atoms with Crippen LogP contribution in [0.15, 0.2) is 11.1 Å². The Morgan fingerprint density at radius 2 is 2.25 bits per heavy atom. The van der Waals surface area contributed by atoms with E-state index in [1.54, 1.807) is 12.4 Å². The molecule has 8 heavy (non-hydrogen) atoms. The monoisotopic (exact) mass is 131 g/mol. The van der Waals surface area contributed by atoms with Gasteiger partial charge in [0.2, 0.25) is 6.29 Å². The molecule has 1 radical (unpaired) electrons. The summed E-state index contributed by atoms with van der Waals surface area (Å²) in [5, 5.41) is 0.167. The standard InChI is InChI=1S/C6H8ClO/c1-5(2)3-6(7)4-8/h3,5H,1-2H3/b6-3-. The van der Waals surface area contributed by atoms with Crippen LogP contribution in [0.25, 0.3) is 0 Å². The lowest BCUT2D eigenvalue weighted by molar-refractivity contribution is 0.563. The molecule has 0 aromatic carbocycles. The molecule has 0 saturated carbocycles. The second kappa shape index (κ2) is 3.67. The van der Waals surface area contributed by atoms with Crippen LogP contribution in [0.2, 0.25) is 0 Å². The van der Waals surface area contributed by atoms with E-state index in [1.807, 2.05) is 13.8 Å². The molecule has 0 aromatic rings. The normalized spacial score (nSPS) is 12.2. The molecular weight excluding hydrogens is 124 g/mol. The van der Waals surface area contributed by atoms with E-state index in [2.05, 4.69) is 0 Å². The van der Waals surface area contributed by atoms with E-state index in [0.717, 1.165) is 0 Å². The highest BCUT2D eigenvalue weighted by Gasteiger charge is 1.90. The minimum atomic E-state index is 0.167. The Morgan fingerprint density at radius 1 is 1.75 bits per heavy atom. The van der Waals surface area contributed by atoms with Gasteiger partial charge in [0.15, 0.2) is 0 Å². The Bertz CT molecular complexity index is 105. The highest BCUT2D eigenvalue weighted by Crippen LogP contribution is 2.02. The van der Waals surface area contributed by atoms with Gasteiger partial charge in [-0.25, -0.2) is 0 Å². The van der Waals surface area contributed by atoms with Crippen molar-refractivity contribution >= 4 is 17.9 Å². The van der Waals surface area contributed by atoms with Gasteiger partial charge < -0.3 is 0 Å². The van der Waals surface area contributed by atoms with Gasteiger partial charge in [-0.3, -0.25) is 4.79 Å². The van der Waals surface area contributed by atoms with Crippen LogP contribution in [0, 0.1) is 5.92 Å². The van der Waals surface area contributed by atoms with Gasteiger partial charge in [0.05, 0.1) is 5.03 Å². The molecule has 0 bridgehead atoms.